The minimum Gasteiger partial charge on any atom is -0.328 e. The zero-order chi connectivity index (χ0) is 12.9. The fraction of sp³-hybridized carbons (Fsp3) is 1.00. The van der Waals surface area contributed by atoms with Crippen molar-refractivity contribution >= 4 is 10.0 Å². The van der Waals surface area contributed by atoms with Gasteiger partial charge in [0.25, 0.3) is 0 Å². The Balaban J connectivity index is 2.24. The Morgan fingerprint density at radius 1 is 1.18 bits per heavy atom. The molecule has 1 unspecified atom stereocenters. The minimum atomic E-state index is -3.01. The average Bonchev–Trinajstić information content (AvgIpc) is 2.26. The lowest BCUT2D eigenvalue weighted by Gasteiger charge is -2.33. The van der Waals surface area contributed by atoms with Gasteiger partial charge < -0.3 is 10.6 Å². The maximum absolute atomic E-state index is 11.3. The van der Waals surface area contributed by atoms with Gasteiger partial charge in [-0.2, -0.15) is 4.31 Å². The van der Waals surface area contributed by atoms with Crippen molar-refractivity contribution in [3.8, 4) is 0 Å². The molecule has 1 saturated heterocycles. The molecule has 1 heterocycles. The van der Waals surface area contributed by atoms with E-state index in [0.29, 0.717) is 13.1 Å². The van der Waals surface area contributed by atoms with E-state index in [-0.39, 0.29) is 6.04 Å². The van der Waals surface area contributed by atoms with Crippen molar-refractivity contribution in [2.45, 2.75) is 32.2 Å². The van der Waals surface area contributed by atoms with Gasteiger partial charge in [-0.25, -0.2) is 8.42 Å². The fourth-order valence-corrected chi connectivity index (χ4v) is 2.97. The Morgan fingerprint density at radius 3 is 2.24 bits per heavy atom. The maximum atomic E-state index is 11.3. The van der Waals surface area contributed by atoms with E-state index >= 15 is 0 Å². The molecule has 1 rings (SSSR count). The molecule has 1 aliphatic heterocycles. The van der Waals surface area contributed by atoms with E-state index < -0.39 is 10.0 Å². The number of hydrogen-bond acceptors (Lipinski definition) is 4. The molecular formula is C11H25N3O2S. The molecule has 0 aromatic carbocycles. The Kier molecular flexibility index (Phi) is 5.85. The first kappa shape index (κ1) is 14.9. The standard InChI is InChI=1S/C11H25N3O2S/c1-3-4-11(12)5-6-13-7-9-14(10-8-13)17(2,15)16/h11H,3-10,12H2,1-2H3. The van der Waals surface area contributed by atoms with Gasteiger partial charge in [0.15, 0.2) is 0 Å². The van der Waals surface area contributed by atoms with Crippen molar-refractivity contribution in [2.24, 2.45) is 5.73 Å². The van der Waals surface area contributed by atoms with Gasteiger partial charge in [0.1, 0.15) is 0 Å². The SMILES string of the molecule is CCCC(N)CCN1CCN(S(C)(=O)=O)CC1. The lowest BCUT2D eigenvalue weighted by atomic mass is 10.1. The second-order valence-electron chi connectivity index (χ2n) is 4.84. The summed E-state index contributed by atoms with van der Waals surface area (Å²) in [7, 11) is -3.01. The predicted molar refractivity (Wildman–Crippen MR) is 70.4 cm³/mol. The topological polar surface area (TPSA) is 66.6 Å². The molecule has 5 nitrogen and oxygen atoms in total. The lowest BCUT2D eigenvalue weighted by molar-refractivity contribution is 0.183. The third kappa shape index (κ3) is 5.33. The van der Waals surface area contributed by atoms with E-state index in [2.05, 4.69) is 11.8 Å². The third-order valence-electron chi connectivity index (χ3n) is 3.28. The van der Waals surface area contributed by atoms with Crippen LogP contribution < -0.4 is 5.73 Å². The van der Waals surface area contributed by atoms with E-state index in [1.54, 1.807) is 4.31 Å². The normalized spacial score (nSPS) is 21.6. The second-order valence-corrected chi connectivity index (χ2v) is 6.82. The van der Waals surface area contributed by atoms with Crippen molar-refractivity contribution < 1.29 is 8.42 Å². The minimum absolute atomic E-state index is 0.285. The predicted octanol–water partition coefficient (Wildman–Crippen LogP) is 0.0811. The summed E-state index contributed by atoms with van der Waals surface area (Å²) in [6.45, 7) is 6.00. The Hall–Kier alpha value is -0.170. The van der Waals surface area contributed by atoms with Crippen LogP contribution >= 0.6 is 0 Å². The molecule has 1 atom stereocenters. The van der Waals surface area contributed by atoms with Crippen molar-refractivity contribution in [1.82, 2.24) is 9.21 Å². The number of sulfonamides is 1. The van der Waals surface area contributed by atoms with E-state index in [1.807, 2.05) is 0 Å². The molecule has 1 fully saturated rings. The van der Waals surface area contributed by atoms with Crippen LogP contribution in [-0.4, -0.2) is 62.6 Å². The number of nitrogens with zero attached hydrogens (tertiary/aromatic N) is 2. The molecule has 0 aromatic rings. The third-order valence-corrected chi connectivity index (χ3v) is 4.58. The van der Waals surface area contributed by atoms with Gasteiger partial charge in [-0.15, -0.1) is 0 Å². The van der Waals surface area contributed by atoms with E-state index in [9.17, 15) is 8.42 Å². The summed E-state index contributed by atoms with van der Waals surface area (Å²) >= 11 is 0. The van der Waals surface area contributed by atoms with Crippen LogP contribution in [0.1, 0.15) is 26.2 Å². The zero-order valence-corrected chi connectivity index (χ0v) is 11.7. The van der Waals surface area contributed by atoms with Gasteiger partial charge in [0, 0.05) is 32.2 Å². The highest BCUT2D eigenvalue weighted by Gasteiger charge is 2.23. The van der Waals surface area contributed by atoms with Gasteiger partial charge in [-0.1, -0.05) is 13.3 Å². The maximum Gasteiger partial charge on any atom is 0.211 e. The van der Waals surface area contributed by atoms with Crippen LogP contribution in [0.15, 0.2) is 0 Å². The average molecular weight is 263 g/mol. The molecule has 17 heavy (non-hydrogen) atoms. The summed E-state index contributed by atoms with van der Waals surface area (Å²) in [5, 5.41) is 0. The van der Waals surface area contributed by atoms with E-state index in [1.165, 1.54) is 6.26 Å². The van der Waals surface area contributed by atoms with Gasteiger partial charge in [0.05, 0.1) is 6.26 Å². The molecule has 0 spiro atoms. The van der Waals surface area contributed by atoms with Crippen molar-refractivity contribution in [3.05, 3.63) is 0 Å². The summed E-state index contributed by atoms with van der Waals surface area (Å²) in [6, 6.07) is 0.285. The van der Waals surface area contributed by atoms with Crippen molar-refractivity contribution in [1.29, 1.82) is 0 Å². The Labute approximate surface area is 105 Å². The lowest BCUT2D eigenvalue weighted by Crippen LogP contribution is -2.49. The monoisotopic (exact) mass is 263 g/mol. The Morgan fingerprint density at radius 2 is 1.76 bits per heavy atom. The van der Waals surface area contributed by atoms with Crippen LogP contribution in [0.25, 0.3) is 0 Å². The highest BCUT2D eigenvalue weighted by atomic mass is 32.2. The van der Waals surface area contributed by atoms with Crippen LogP contribution in [-0.2, 0) is 10.0 Å². The van der Waals surface area contributed by atoms with Crippen LogP contribution in [0, 0.1) is 0 Å². The molecule has 102 valence electrons. The largest absolute Gasteiger partial charge is 0.328 e. The number of rotatable bonds is 6. The number of hydrogen-bond donors (Lipinski definition) is 1. The van der Waals surface area contributed by atoms with E-state index in [0.717, 1.165) is 38.9 Å². The Bertz CT molecular complexity index is 311. The molecule has 1 aliphatic rings. The molecule has 0 radical (unpaired) electrons. The molecule has 0 bridgehead atoms. The quantitative estimate of drug-likeness (QED) is 0.737. The van der Waals surface area contributed by atoms with Crippen LogP contribution in [0.3, 0.4) is 0 Å². The van der Waals surface area contributed by atoms with E-state index in [4.69, 9.17) is 5.73 Å². The highest BCUT2D eigenvalue weighted by Crippen LogP contribution is 2.07. The molecule has 0 saturated carbocycles. The summed E-state index contributed by atoms with van der Waals surface area (Å²) < 4.78 is 24.2. The number of piperazine rings is 1. The van der Waals surface area contributed by atoms with Crippen LogP contribution in [0.2, 0.25) is 0 Å². The molecule has 0 aliphatic carbocycles. The first-order valence-corrected chi connectivity index (χ1v) is 8.21. The first-order valence-electron chi connectivity index (χ1n) is 6.36. The highest BCUT2D eigenvalue weighted by molar-refractivity contribution is 7.88. The smallest absolute Gasteiger partial charge is 0.211 e. The summed E-state index contributed by atoms with van der Waals surface area (Å²) in [5.41, 5.74) is 5.96. The van der Waals surface area contributed by atoms with Gasteiger partial charge in [-0.05, 0) is 19.4 Å². The fourth-order valence-electron chi connectivity index (χ4n) is 2.15. The van der Waals surface area contributed by atoms with Crippen molar-refractivity contribution in [2.75, 3.05) is 39.0 Å². The molecule has 0 aromatic heterocycles. The van der Waals surface area contributed by atoms with Gasteiger partial charge in [-0.3, -0.25) is 0 Å². The van der Waals surface area contributed by atoms with Crippen LogP contribution in [0.4, 0.5) is 0 Å². The summed E-state index contributed by atoms with van der Waals surface area (Å²) in [5.74, 6) is 0. The van der Waals surface area contributed by atoms with Gasteiger partial charge >= 0.3 is 0 Å². The summed E-state index contributed by atoms with van der Waals surface area (Å²) in [4.78, 5) is 2.30. The first-order chi connectivity index (χ1) is 7.93. The molecule has 2 N–H and O–H groups in total. The summed E-state index contributed by atoms with van der Waals surface area (Å²) in [6.07, 6.45) is 4.48. The molecule has 6 heteroatoms. The molecular weight excluding hydrogens is 238 g/mol. The van der Waals surface area contributed by atoms with Crippen molar-refractivity contribution in [3.63, 3.8) is 0 Å². The number of nitrogens with two attached hydrogens (primary N) is 1. The van der Waals surface area contributed by atoms with Gasteiger partial charge in [0.2, 0.25) is 10.0 Å². The van der Waals surface area contributed by atoms with Crippen LogP contribution in [0.5, 0.6) is 0 Å². The second kappa shape index (κ2) is 6.68. The zero-order valence-electron chi connectivity index (χ0n) is 10.9. The molecule has 0 amide bonds.